The average Bonchev–Trinajstić information content (AvgIpc) is 2.83. The highest BCUT2D eigenvalue weighted by Gasteiger charge is 2.23. The number of carbonyl (C=O) groups excluding carboxylic acids is 3. The zero-order valence-corrected chi connectivity index (χ0v) is 19.4. The maximum absolute atomic E-state index is 12.6. The first-order valence-electron chi connectivity index (χ1n) is 10.9. The maximum Gasteiger partial charge on any atom is 0.412 e. The Morgan fingerprint density at radius 2 is 1.60 bits per heavy atom. The van der Waals surface area contributed by atoms with Gasteiger partial charge in [-0.05, 0) is 67.1 Å². The summed E-state index contributed by atoms with van der Waals surface area (Å²) in [7, 11) is 0. The van der Waals surface area contributed by atoms with Gasteiger partial charge in [0.15, 0.2) is 5.78 Å². The Kier molecular flexibility index (Phi) is 8.24. The molecule has 0 aliphatic carbocycles. The molecule has 0 aliphatic heterocycles. The fourth-order valence-corrected chi connectivity index (χ4v) is 3.32. The van der Waals surface area contributed by atoms with Crippen molar-refractivity contribution in [1.29, 1.82) is 0 Å². The Morgan fingerprint density at radius 1 is 0.943 bits per heavy atom. The number of ether oxygens (including phenoxy) is 1. The lowest BCUT2D eigenvalue weighted by Gasteiger charge is -2.23. The quantitative estimate of drug-likeness (QED) is 0.200. The molecule has 0 radical (unpaired) electrons. The highest BCUT2D eigenvalue weighted by atomic mass is 16.6. The van der Waals surface area contributed by atoms with Crippen molar-refractivity contribution in [2.75, 3.05) is 16.4 Å². The molecule has 35 heavy (non-hydrogen) atoms. The van der Waals surface area contributed by atoms with Crippen LogP contribution >= 0.6 is 0 Å². The smallest absolute Gasteiger partial charge is 0.412 e. The van der Waals surface area contributed by atoms with Crippen molar-refractivity contribution in [2.24, 2.45) is 5.92 Å². The highest BCUT2D eigenvalue weighted by molar-refractivity contribution is 6.01. The third kappa shape index (κ3) is 7.20. The van der Waals surface area contributed by atoms with Crippen molar-refractivity contribution in [1.82, 2.24) is 0 Å². The number of para-hydroxylation sites is 2. The molecule has 8 heteroatoms. The van der Waals surface area contributed by atoms with Crippen LogP contribution < -0.4 is 16.4 Å². The molecule has 3 aromatic rings. The van der Waals surface area contributed by atoms with Gasteiger partial charge < -0.3 is 20.9 Å². The molecule has 0 saturated heterocycles. The van der Waals surface area contributed by atoms with Gasteiger partial charge in [-0.2, -0.15) is 0 Å². The molecular weight excluding hydrogens is 446 g/mol. The van der Waals surface area contributed by atoms with E-state index in [-0.39, 0.29) is 17.4 Å². The zero-order valence-electron chi connectivity index (χ0n) is 19.4. The second-order valence-corrected chi connectivity index (χ2v) is 7.97. The molecule has 180 valence electrons. The maximum atomic E-state index is 12.6. The lowest BCUT2D eigenvalue weighted by atomic mass is 9.96. The molecule has 2 amide bonds. The number of aromatic hydroxyl groups is 1. The Bertz CT molecular complexity index is 1220. The monoisotopic (exact) mass is 473 g/mol. The number of hydrogen-bond donors (Lipinski definition) is 4. The molecule has 3 rings (SSSR count). The van der Waals surface area contributed by atoms with Crippen LogP contribution in [-0.2, 0) is 9.53 Å². The average molecular weight is 474 g/mol. The number of benzene rings is 3. The van der Waals surface area contributed by atoms with Crippen LogP contribution in [0, 0.1) is 5.92 Å². The summed E-state index contributed by atoms with van der Waals surface area (Å²) in [5.74, 6) is -0.782. The fraction of sp³-hybridized carbons (Fsp3) is 0.148. The van der Waals surface area contributed by atoms with Gasteiger partial charge in [-0.1, -0.05) is 37.3 Å². The number of anilines is 3. The van der Waals surface area contributed by atoms with Crippen LogP contribution in [0.15, 0.2) is 84.9 Å². The second kappa shape index (κ2) is 11.5. The standard InChI is InChI=1S/C27H27N3O5/c1-17(7-16-25(33)30-24-6-4-3-5-23(24)28)26(20-10-14-22(32)15-11-20)35-27(34)29-21-12-8-19(9-13-21)18(2)31/h3-17,26,32H,28H2,1-2H3,(H,29,34)(H,30,33)/b16-7+/t17-,26+/m0/s1. The van der Waals surface area contributed by atoms with Gasteiger partial charge in [0.2, 0.25) is 5.91 Å². The number of ketones is 1. The van der Waals surface area contributed by atoms with Crippen molar-refractivity contribution < 1.29 is 24.2 Å². The number of nitrogens with two attached hydrogens (primary N) is 1. The molecule has 0 aromatic heterocycles. The number of carbonyl (C=O) groups is 3. The number of rotatable bonds is 8. The number of nitrogen functional groups attached to an aromatic ring is 1. The predicted octanol–water partition coefficient (Wildman–Crippen LogP) is 5.30. The van der Waals surface area contributed by atoms with E-state index in [4.69, 9.17) is 10.5 Å². The lowest BCUT2D eigenvalue weighted by molar-refractivity contribution is -0.111. The summed E-state index contributed by atoms with van der Waals surface area (Å²) in [6, 6.07) is 19.6. The summed E-state index contributed by atoms with van der Waals surface area (Å²) in [4.78, 5) is 36.5. The minimum Gasteiger partial charge on any atom is -0.508 e. The normalized spacial score (nSPS) is 12.5. The number of nitrogens with one attached hydrogen (secondary N) is 2. The molecule has 5 N–H and O–H groups in total. The Morgan fingerprint density at radius 3 is 2.23 bits per heavy atom. The number of Topliss-reactive ketones (excluding diaryl/α,β-unsaturated/α-hetero) is 1. The van der Waals surface area contributed by atoms with Crippen LogP contribution in [0.4, 0.5) is 21.9 Å². The first-order valence-corrected chi connectivity index (χ1v) is 10.9. The fourth-order valence-electron chi connectivity index (χ4n) is 3.32. The minimum atomic E-state index is -0.752. The van der Waals surface area contributed by atoms with Gasteiger partial charge in [-0.25, -0.2) is 4.79 Å². The van der Waals surface area contributed by atoms with Crippen LogP contribution in [0.3, 0.4) is 0 Å². The summed E-state index contributed by atoms with van der Waals surface area (Å²) >= 11 is 0. The zero-order chi connectivity index (χ0) is 25.4. The largest absolute Gasteiger partial charge is 0.508 e. The molecular formula is C27H27N3O5. The summed E-state index contributed by atoms with van der Waals surface area (Å²) in [6.07, 6.45) is 1.52. The summed E-state index contributed by atoms with van der Waals surface area (Å²) < 4.78 is 5.69. The second-order valence-electron chi connectivity index (χ2n) is 7.97. The predicted molar refractivity (Wildman–Crippen MR) is 135 cm³/mol. The summed E-state index contributed by atoms with van der Waals surface area (Å²) in [5.41, 5.74) is 8.43. The highest BCUT2D eigenvalue weighted by Crippen LogP contribution is 2.29. The Balaban J connectivity index is 1.72. The van der Waals surface area contributed by atoms with Gasteiger partial charge in [0.05, 0.1) is 11.4 Å². The minimum absolute atomic E-state index is 0.0746. The van der Waals surface area contributed by atoms with E-state index in [0.717, 1.165) is 0 Å². The molecule has 0 aliphatic rings. The number of amides is 2. The number of hydrogen-bond acceptors (Lipinski definition) is 6. The molecule has 2 atom stereocenters. The topological polar surface area (TPSA) is 131 Å². The van der Waals surface area contributed by atoms with Gasteiger partial charge in [0, 0.05) is 17.2 Å². The lowest BCUT2D eigenvalue weighted by Crippen LogP contribution is -2.21. The first-order chi connectivity index (χ1) is 16.7. The molecule has 0 fully saturated rings. The van der Waals surface area contributed by atoms with Gasteiger partial charge in [0.1, 0.15) is 11.9 Å². The van der Waals surface area contributed by atoms with Crippen LogP contribution in [0.5, 0.6) is 5.75 Å². The molecule has 3 aromatic carbocycles. The van der Waals surface area contributed by atoms with Crippen LogP contribution in [-0.4, -0.2) is 22.9 Å². The van der Waals surface area contributed by atoms with Crippen LogP contribution in [0.1, 0.15) is 35.9 Å². The number of phenols is 1. The van der Waals surface area contributed by atoms with E-state index in [1.807, 2.05) is 0 Å². The third-order valence-corrected chi connectivity index (χ3v) is 5.24. The number of phenolic OH excluding ortho intramolecular Hbond substituents is 1. The summed E-state index contributed by atoms with van der Waals surface area (Å²) in [6.45, 7) is 3.26. The van der Waals surface area contributed by atoms with Crippen molar-refractivity contribution in [3.8, 4) is 5.75 Å². The van der Waals surface area contributed by atoms with Crippen molar-refractivity contribution in [3.63, 3.8) is 0 Å². The Labute approximate surface area is 203 Å². The molecule has 0 heterocycles. The molecule has 8 nitrogen and oxygen atoms in total. The van der Waals surface area contributed by atoms with Gasteiger partial charge >= 0.3 is 6.09 Å². The van der Waals surface area contributed by atoms with Crippen LogP contribution in [0.25, 0.3) is 0 Å². The van der Waals surface area contributed by atoms with E-state index in [9.17, 15) is 19.5 Å². The van der Waals surface area contributed by atoms with Crippen molar-refractivity contribution >= 4 is 34.8 Å². The van der Waals surface area contributed by atoms with Gasteiger partial charge in [-0.3, -0.25) is 14.9 Å². The van der Waals surface area contributed by atoms with Crippen molar-refractivity contribution in [3.05, 3.63) is 96.1 Å². The van der Waals surface area contributed by atoms with E-state index >= 15 is 0 Å². The molecule has 0 unspecified atom stereocenters. The SMILES string of the molecule is CC(=O)c1ccc(NC(=O)O[C@@H](c2ccc(O)cc2)[C@@H](C)/C=C/C(=O)Nc2ccccc2N)cc1. The first kappa shape index (κ1) is 25.0. The molecule has 0 bridgehead atoms. The van der Waals surface area contributed by atoms with Crippen molar-refractivity contribution in [2.45, 2.75) is 20.0 Å². The summed E-state index contributed by atoms with van der Waals surface area (Å²) in [5, 5.41) is 15.0. The molecule has 0 saturated carbocycles. The molecule has 0 spiro atoms. The van der Waals surface area contributed by atoms with E-state index in [1.54, 1.807) is 73.7 Å². The van der Waals surface area contributed by atoms with E-state index in [0.29, 0.717) is 28.2 Å². The van der Waals surface area contributed by atoms with E-state index in [2.05, 4.69) is 10.6 Å². The van der Waals surface area contributed by atoms with E-state index in [1.165, 1.54) is 25.1 Å². The van der Waals surface area contributed by atoms with Gasteiger partial charge in [0.25, 0.3) is 0 Å². The van der Waals surface area contributed by atoms with Crippen LogP contribution in [0.2, 0.25) is 0 Å². The Hall–Kier alpha value is -4.59. The third-order valence-electron chi connectivity index (χ3n) is 5.24. The van der Waals surface area contributed by atoms with E-state index < -0.39 is 18.1 Å². The van der Waals surface area contributed by atoms with Gasteiger partial charge in [-0.15, -0.1) is 0 Å².